The maximum atomic E-state index is 12.0. The molecule has 0 aliphatic rings. The molecule has 9 heteroatoms. The van der Waals surface area contributed by atoms with Gasteiger partial charge in [0.2, 0.25) is 0 Å². The molecule has 0 bridgehead atoms. The number of ether oxygens (including phenoxy) is 2. The summed E-state index contributed by atoms with van der Waals surface area (Å²) in [7, 11) is -4.73. The van der Waals surface area contributed by atoms with Crippen molar-refractivity contribution in [1.29, 1.82) is 0 Å². The first-order valence-corrected chi connectivity index (χ1v) is 18.8. The minimum atomic E-state index is -4.73. The number of carbonyl (C=O) groups is 2. The molecular weight excluding hydrogens is 575 g/mol. The molecule has 0 aliphatic heterocycles. The van der Waals surface area contributed by atoms with Crippen LogP contribution in [-0.2, 0) is 29.2 Å². The van der Waals surface area contributed by atoms with Gasteiger partial charge in [-0.1, -0.05) is 169 Å². The molecule has 0 heterocycles. The molecule has 0 aromatic heterocycles. The molecule has 0 aromatic rings. The van der Waals surface area contributed by atoms with Gasteiger partial charge in [-0.2, -0.15) is 8.42 Å². The quantitative estimate of drug-likeness (QED) is 0.0375. The summed E-state index contributed by atoms with van der Waals surface area (Å²) in [6, 6.07) is 0. The first-order chi connectivity index (χ1) is 20.2. The second kappa shape index (κ2) is 36.3. The van der Waals surface area contributed by atoms with Crippen LogP contribution >= 0.6 is 0 Å². The zero-order valence-electron chi connectivity index (χ0n) is 27.7. The van der Waals surface area contributed by atoms with Crippen LogP contribution in [0.15, 0.2) is 0 Å². The number of hydrogen-bond acceptors (Lipinski definition) is 6. The molecule has 253 valence electrons. The first kappa shape index (κ1) is 47.3. The van der Waals surface area contributed by atoms with Crippen LogP contribution in [0.25, 0.3) is 0 Å². The van der Waals surface area contributed by atoms with Gasteiger partial charge >= 0.3 is 41.5 Å². The number of esters is 2. The van der Waals surface area contributed by atoms with E-state index in [2.05, 4.69) is 27.7 Å². The van der Waals surface area contributed by atoms with Gasteiger partial charge in [0.05, 0.1) is 19.6 Å². The molecule has 43 heavy (non-hydrogen) atoms. The summed E-state index contributed by atoms with van der Waals surface area (Å²) in [6.45, 7) is 10.6. The Bertz CT molecular complexity index is 689. The summed E-state index contributed by atoms with van der Waals surface area (Å²) in [6.07, 6.45) is 28.2. The monoisotopic (exact) mass is 643 g/mol. The van der Waals surface area contributed by atoms with E-state index >= 15 is 0 Å². The first-order valence-electron chi connectivity index (χ1n) is 17.3. The van der Waals surface area contributed by atoms with Crippen molar-refractivity contribution in [1.82, 2.24) is 0 Å². The van der Waals surface area contributed by atoms with Crippen molar-refractivity contribution >= 4 is 51.6 Å². The van der Waals surface area contributed by atoms with Gasteiger partial charge in [-0.15, -0.1) is 0 Å². The molecule has 7 nitrogen and oxygen atoms in total. The molecular formula is C34H68NaO7S. The third-order valence-corrected chi connectivity index (χ3v) is 8.41. The van der Waals surface area contributed by atoms with E-state index in [1.807, 2.05) is 0 Å². The second-order valence-electron chi connectivity index (χ2n) is 11.5. The zero-order valence-corrected chi connectivity index (χ0v) is 28.5. The van der Waals surface area contributed by atoms with Crippen molar-refractivity contribution < 1.29 is 32.0 Å². The van der Waals surface area contributed by atoms with Crippen molar-refractivity contribution in [3.63, 3.8) is 0 Å². The fourth-order valence-corrected chi connectivity index (χ4v) is 5.24. The number of unbranched alkanes of at least 4 members (excludes halogenated alkanes) is 21. The number of hydrogen-bond donors (Lipinski definition) is 1. The van der Waals surface area contributed by atoms with Crippen LogP contribution in [0.1, 0.15) is 181 Å². The van der Waals surface area contributed by atoms with Gasteiger partial charge in [0, 0.05) is 0 Å². The Labute approximate surface area is 288 Å². The molecule has 0 amide bonds. The SMILES string of the molecule is CCCCCCCCOC(=O)CC(C(=O)OCCCCCCCC)S(=O)(=O)O.[CH2]CCCCCCCCCCCCC.[NaH]. The van der Waals surface area contributed by atoms with Gasteiger partial charge < -0.3 is 9.47 Å². The number of carbonyl (C=O) groups excluding carboxylic acids is 2. The fraction of sp³-hybridized carbons (Fsp3) is 0.912. The summed E-state index contributed by atoms with van der Waals surface area (Å²) >= 11 is 0. The molecule has 0 saturated heterocycles. The van der Waals surface area contributed by atoms with Gasteiger partial charge in [0.1, 0.15) is 0 Å². The van der Waals surface area contributed by atoms with E-state index in [0.29, 0.717) is 12.8 Å². The van der Waals surface area contributed by atoms with Crippen molar-refractivity contribution in [3.8, 4) is 0 Å². The summed E-state index contributed by atoms with van der Waals surface area (Å²) in [5.41, 5.74) is 0. The van der Waals surface area contributed by atoms with E-state index < -0.39 is 33.7 Å². The zero-order chi connectivity index (χ0) is 31.7. The van der Waals surface area contributed by atoms with Crippen molar-refractivity contribution in [2.45, 2.75) is 187 Å². The van der Waals surface area contributed by atoms with E-state index in [1.165, 1.54) is 77.0 Å². The van der Waals surface area contributed by atoms with Gasteiger partial charge in [-0.3, -0.25) is 14.1 Å². The van der Waals surface area contributed by atoms with Crippen molar-refractivity contribution in [2.75, 3.05) is 13.2 Å². The molecule has 0 spiro atoms. The van der Waals surface area contributed by atoms with Gasteiger partial charge in [-0.25, -0.2) is 0 Å². The summed E-state index contributed by atoms with van der Waals surface area (Å²) in [4.78, 5) is 23.8. The van der Waals surface area contributed by atoms with Crippen molar-refractivity contribution in [3.05, 3.63) is 6.92 Å². The molecule has 1 atom stereocenters. The molecule has 0 fully saturated rings. The summed E-state index contributed by atoms with van der Waals surface area (Å²) in [5.74, 6) is -1.93. The van der Waals surface area contributed by atoms with Crippen LogP contribution in [0, 0.1) is 6.92 Å². The van der Waals surface area contributed by atoms with E-state index in [9.17, 15) is 22.6 Å². The average Bonchev–Trinajstić information content (AvgIpc) is 2.95. The fourth-order valence-electron chi connectivity index (χ4n) is 4.58. The summed E-state index contributed by atoms with van der Waals surface area (Å²) < 4.78 is 42.0. The third kappa shape index (κ3) is 36.2. The predicted molar refractivity (Wildman–Crippen MR) is 182 cm³/mol. The minimum absolute atomic E-state index is 0. The molecule has 1 unspecified atom stereocenters. The Kier molecular flexibility index (Phi) is 39.9. The normalized spacial score (nSPS) is 11.7. The predicted octanol–water partition coefficient (Wildman–Crippen LogP) is 9.31. The Morgan fingerprint density at radius 3 is 1.26 bits per heavy atom. The average molecular weight is 644 g/mol. The van der Waals surface area contributed by atoms with Gasteiger partial charge in [-0.05, 0) is 12.8 Å². The van der Waals surface area contributed by atoms with Crippen molar-refractivity contribution in [2.24, 2.45) is 0 Å². The Morgan fingerprint density at radius 2 is 0.907 bits per heavy atom. The Morgan fingerprint density at radius 1 is 0.581 bits per heavy atom. The van der Waals surface area contributed by atoms with Crippen LogP contribution in [0.3, 0.4) is 0 Å². The molecule has 0 aromatic carbocycles. The summed E-state index contributed by atoms with van der Waals surface area (Å²) in [5, 5.41) is -1.93. The topological polar surface area (TPSA) is 107 Å². The molecule has 0 saturated carbocycles. The molecule has 1 N–H and O–H groups in total. The number of rotatable bonds is 29. The second-order valence-corrected chi connectivity index (χ2v) is 13.1. The van der Waals surface area contributed by atoms with Crippen LogP contribution in [0.4, 0.5) is 0 Å². The standard InChI is InChI=1S/C20H38O7S.C14H29.Na.H/c1-3-5-7-9-11-13-15-26-19(21)17-18(28(23,24)25)20(22)27-16-14-12-10-8-6-4-2;1-3-5-7-9-11-13-14-12-10-8-6-4-2;;/h18H,3-17H2,1-2H3,(H,23,24,25);1,3-14H2,2H3;;. The Balaban J connectivity index is -0.000000899. The molecule has 1 radical (unpaired) electrons. The van der Waals surface area contributed by atoms with E-state index in [4.69, 9.17) is 9.47 Å². The van der Waals surface area contributed by atoms with Crippen LogP contribution < -0.4 is 0 Å². The van der Waals surface area contributed by atoms with E-state index in [-0.39, 0.29) is 42.8 Å². The molecule has 0 rings (SSSR count). The third-order valence-electron chi connectivity index (χ3n) is 7.33. The van der Waals surface area contributed by atoms with Gasteiger partial charge in [0.15, 0.2) is 5.25 Å². The van der Waals surface area contributed by atoms with Crippen LogP contribution in [0.5, 0.6) is 0 Å². The molecule has 0 aliphatic carbocycles. The van der Waals surface area contributed by atoms with Crippen LogP contribution in [0.2, 0.25) is 0 Å². The Hall–Kier alpha value is -0.150. The maximum absolute atomic E-state index is 12.0. The van der Waals surface area contributed by atoms with Gasteiger partial charge in [0.25, 0.3) is 10.1 Å². The van der Waals surface area contributed by atoms with Crippen LogP contribution in [-0.4, -0.2) is 72.9 Å². The van der Waals surface area contributed by atoms with E-state index in [0.717, 1.165) is 64.2 Å². The van der Waals surface area contributed by atoms with E-state index in [1.54, 1.807) is 0 Å².